The van der Waals surface area contributed by atoms with Gasteiger partial charge in [-0.05, 0) is 45.0 Å². The van der Waals surface area contributed by atoms with Crippen LogP contribution in [0, 0.1) is 19.7 Å². The van der Waals surface area contributed by atoms with E-state index in [1.807, 2.05) is 0 Å². The van der Waals surface area contributed by atoms with Crippen LogP contribution in [0.4, 0.5) is 9.18 Å². The van der Waals surface area contributed by atoms with Gasteiger partial charge in [0.1, 0.15) is 5.82 Å². The van der Waals surface area contributed by atoms with Crippen molar-refractivity contribution < 1.29 is 23.6 Å². The van der Waals surface area contributed by atoms with E-state index in [9.17, 15) is 23.6 Å². The fourth-order valence-corrected chi connectivity index (χ4v) is 3.26. The molecule has 3 rings (SSSR count). The minimum Gasteiger partial charge on any atom is -0.318 e. The number of rotatable bonds is 5. The average Bonchev–Trinajstić information content (AvgIpc) is 3.03. The number of hydrogen-bond donors (Lipinski definition) is 0. The summed E-state index contributed by atoms with van der Waals surface area (Å²) >= 11 is 0. The number of carbonyl (C=O) groups is 4. The van der Waals surface area contributed by atoms with E-state index < -0.39 is 36.0 Å². The Labute approximate surface area is 155 Å². The number of aryl methyl sites for hydroxylation is 1. The Hall–Kier alpha value is -3.29. The number of aromatic nitrogens is 1. The van der Waals surface area contributed by atoms with Crippen molar-refractivity contribution in [3.8, 4) is 5.69 Å². The first-order chi connectivity index (χ1) is 12.8. The molecule has 0 atom stereocenters. The molecule has 0 N–H and O–H groups in total. The van der Waals surface area contributed by atoms with E-state index in [0.29, 0.717) is 27.5 Å². The van der Waals surface area contributed by atoms with E-state index in [2.05, 4.69) is 0 Å². The van der Waals surface area contributed by atoms with Crippen molar-refractivity contribution in [2.75, 3.05) is 13.1 Å². The van der Waals surface area contributed by atoms with Crippen LogP contribution in [0.15, 0.2) is 30.3 Å². The minimum absolute atomic E-state index is 0.0577. The second-order valence-corrected chi connectivity index (χ2v) is 6.25. The third-order valence-electron chi connectivity index (χ3n) is 4.55. The molecule has 0 saturated carbocycles. The van der Waals surface area contributed by atoms with Crippen LogP contribution in [0.5, 0.6) is 0 Å². The average molecular weight is 371 g/mol. The van der Waals surface area contributed by atoms with Gasteiger partial charge >= 0.3 is 17.8 Å². The zero-order valence-electron chi connectivity index (χ0n) is 15.2. The number of halogens is 1. The Bertz CT molecular complexity index is 979. The number of likely N-dealkylation sites (N-methyl/N-ethyl adjacent to an activating group) is 1. The molecular weight excluding hydrogens is 353 g/mol. The summed E-state index contributed by atoms with van der Waals surface area (Å²) < 4.78 is 15.3. The molecule has 1 fully saturated rings. The van der Waals surface area contributed by atoms with E-state index in [1.54, 1.807) is 43.5 Å². The Morgan fingerprint density at radius 2 is 1.70 bits per heavy atom. The summed E-state index contributed by atoms with van der Waals surface area (Å²) in [6.45, 7) is 4.57. The van der Waals surface area contributed by atoms with Gasteiger partial charge in [-0.15, -0.1) is 0 Å². The molecule has 0 spiro atoms. The van der Waals surface area contributed by atoms with Crippen molar-refractivity contribution in [3.63, 3.8) is 0 Å². The van der Waals surface area contributed by atoms with Crippen LogP contribution in [-0.2, 0) is 9.59 Å². The Morgan fingerprint density at radius 3 is 2.30 bits per heavy atom. The Morgan fingerprint density at radius 1 is 1.04 bits per heavy atom. The molecule has 0 radical (unpaired) electrons. The summed E-state index contributed by atoms with van der Waals surface area (Å²) in [5.41, 5.74) is 2.12. The molecule has 1 aromatic heterocycles. The molecule has 0 aliphatic carbocycles. The second-order valence-electron chi connectivity index (χ2n) is 6.25. The second kappa shape index (κ2) is 6.79. The topological polar surface area (TPSA) is 79.7 Å². The number of nitrogens with zero attached hydrogens (tertiary/aromatic N) is 3. The first-order valence-electron chi connectivity index (χ1n) is 8.41. The molecule has 1 aromatic carbocycles. The van der Waals surface area contributed by atoms with Gasteiger partial charge in [-0.3, -0.25) is 19.3 Å². The van der Waals surface area contributed by atoms with Crippen LogP contribution in [0.3, 0.4) is 0 Å². The highest BCUT2D eigenvalue weighted by atomic mass is 19.1. The maximum absolute atomic E-state index is 13.5. The van der Waals surface area contributed by atoms with Gasteiger partial charge in [-0.25, -0.2) is 14.1 Å². The minimum atomic E-state index is -1.01. The lowest BCUT2D eigenvalue weighted by Crippen LogP contribution is -2.37. The normalized spacial score (nSPS) is 14.4. The van der Waals surface area contributed by atoms with Crippen LogP contribution in [0.2, 0.25) is 0 Å². The lowest BCUT2D eigenvalue weighted by atomic mass is 10.1. The molecule has 8 heteroatoms. The summed E-state index contributed by atoms with van der Waals surface area (Å²) in [5.74, 6) is -2.81. The van der Waals surface area contributed by atoms with Crippen LogP contribution in [-0.4, -0.2) is 51.1 Å². The fraction of sp³-hybridized carbons (Fsp3) is 0.263. The zero-order valence-corrected chi connectivity index (χ0v) is 15.2. The molecule has 2 heterocycles. The number of carbonyl (C=O) groups excluding carboxylic acids is 4. The van der Waals surface area contributed by atoms with Crippen molar-refractivity contribution >= 4 is 23.6 Å². The Kier molecular flexibility index (Phi) is 4.65. The fourth-order valence-electron chi connectivity index (χ4n) is 3.26. The van der Waals surface area contributed by atoms with Gasteiger partial charge in [0.2, 0.25) is 0 Å². The molecular formula is C19H18FN3O4. The number of amides is 4. The monoisotopic (exact) mass is 371 g/mol. The highest BCUT2D eigenvalue weighted by Gasteiger charge is 2.44. The van der Waals surface area contributed by atoms with Crippen molar-refractivity contribution in [3.05, 3.63) is 53.1 Å². The number of ketones is 1. The number of hydrogen-bond acceptors (Lipinski definition) is 4. The van der Waals surface area contributed by atoms with Gasteiger partial charge in [-0.1, -0.05) is 6.07 Å². The van der Waals surface area contributed by atoms with Crippen LogP contribution in [0.25, 0.3) is 5.69 Å². The van der Waals surface area contributed by atoms with Gasteiger partial charge in [0, 0.05) is 29.2 Å². The highest BCUT2D eigenvalue weighted by molar-refractivity contribution is 6.45. The molecule has 1 aliphatic rings. The molecule has 1 aliphatic heterocycles. The van der Waals surface area contributed by atoms with Gasteiger partial charge in [0.25, 0.3) is 0 Å². The van der Waals surface area contributed by atoms with Gasteiger partial charge in [0.05, 0.1) is 6.54 Å². The van der Waals surface area contributed by atoms with E-state index in [0.717, 1.165) is 4.90 Å². The van der Waals surface area contributed by atoms with Crippen molar-refractivity contribution in [1.29, 1.82) is 0 Å². The molecule has 2 aromatic rings. The molecule has 27 heavy (non-hydrogen) atoms. The molecule has 0 bridgehead atoms. The summed E-state index contributed by atoms with van der Waals surface area (Å²) in [4.78, 5) is 50.1. The zero-order chi connectivity index (χ0) is 19.9. The van der Waals surface area contributed by atoms with E-state index in [-0.39, 0.29) is 6.54 Å². The third-order valence-corrected chi connectivity index (χ3v) is 4.55. The summed E-state index contributed by atoms with van der Waals surface area (Å²) in [6, 6.07) is 6.78. The van der Waals surface area contributed by atoms with Crippen LogP contribution >= 0.6 is 0 Å². The van der Waals surface area contributed by atoms with Crippen LogP contribution in [0.1, 0.15) is 28.7 Å². The summed E-state index contributed by atoms with van der Waals surface area (Å²) in [6.07, 6.45) is 0. The van der Waals surface area contributed by atoms with Crippen molar-refractivity contribution in [2.24, 2.45) is 0 Å². The first-order valence-corrected chi connectivity index (χ1v) is 8.41. The summed E-state index contributed by atoms with van der Waals surface area (Å²) in [7, 11) is 0. The predicted molar refractivity (Wildman–Crippen MR) is 94.0 cm³/mol. The maximum atomic E-state index is 13.5. The van der Waals surface area contributed by atoms with Gasteiger partial charge in [-0.2, -0.15) is 0 Å². The van der Waals surface area contributed by atoms with E-state index in [4.69, 9.17) is 0 Å². The molecule has 4 amide bonds. The van der Waals surface area contributed by atoms with E-state index >= 15 is 0 Å². The quantitative estimate of drug-likeness (QED) is 0.459. The third kappa shape index (κ3) is 3.03. The predicted octanol–water partition coefficient (Wildman–Crippen LogP) is 2.23. The smallest absolute Gasteiger partial charge is 0.318 e. The van der Waals surface area contributed by atoms with Crippen LogP contribution < -0.4 is 0 Å². The molecule has 140 valence electrons. The number of urea groups is 1. The molecule has 0 unspecified atom stereocenters. The highest BCUT2D eigenvalue weighted by Crippen LogP contribution is 2.23. The largest absolute Gasteiger partial charge is 0.334 e. The summed E-state index contributed by atoms with van der Waals surface area (Å²) in [5, 5.41) is 0. The van der Waals surface area contributed by atoms with Gasteiger partial charge < -0.3 is 4.57 Å². The standard InChI is InChI=1S/C19H18FN3O4/c1-4-21-17(25)18(26)22(19(21)27)10-16(24)15-8-11(2)23(12(15)3)14-7-5-6-13(20)9-14/h5-9H,4,10H2,1-3H3. The number of benzene rings is 1. The first kappa shape index (κ1) is 18.5. The number of imide groups is 2. The maximum Gasteiger partial charge on any atom is 0.334 e. The van der Waals surface area contributed by atoms with Gasteiger partial charge in [0.15, 0.2) is 5.78 Å². The van der Waals surface area contributed by atoms with E-state index in [1.165, 1.54) is 12.1 Å². The SMILES string of the molecule is CCN1C(=O)C(=O)N(CC(=O)c2cc(C)n(-c3cccc(F)c3)c2C)C1=O. The lowest BCUT2D eigenvalue weighted by molar-refractivity contribution is -0.143. The van der Waals surface area contributed by atoms with Crippen molar-refractivity contribution in [2.45, 2.75) is 20.8 Å². The Balaban J connectivity index is 1.91. The van der Waals surface area contributed by atoms with Crippen molar-refractivity contribution in [1.82, 2.24) is 14.4 Å². The molecule has 7 nitrogen and oxygen atoms in total. The lowest BCUT2D eigenvalue weighted by Gasteiger charge is -2.13. The molecule has 1 saturated heterocycles. The number of Topliss-reactive ketones (excluding diaryl/α,β-unsaturated/α-hetero) is 1.